The lowest BCUT2D eigenvalue weighted by Gasteiger charge is -2.38. The summed E-state index contributed by atoms with van der Waals surface area (Å²) in [6.45, 7) is 4.46. The van der Waals surface area contributed by atoms with Gasteiger partial charge in [0.25, 0.3) is 0 Å². The number of hydrogen-bond acceptors (Lipinski definition) is 3. The molecular formula is C23H25NO2S2. The zero-order chi connectivity index (χ0) is 19.8. The molecule has 2 unspecified atom stereocenters. The minimum atomic E-state index is -3.55. The summed E-state index contributed by atoms with van der Waals surface area (Å²) >= 11 is 1.72. The summed E-state index contributed by atoms with van der Waals surface area (Å²) in [6.07, 6.45) is 8.52. The van der Waals surface area contributed by atoms with Gasteiger partial charge in [-0.15, -0.1) is 11.8 Å². The Balaban J connectivity index is 1.62. The van der Waals surface area contributed by atoms with E-state index in [-0.39, 0.29) is 5.92 Å². The number of sulfonamides is 1. The molecule has 0 saturated carbocycles. The van der Waals surface area contributed by atoms with Gasteiger partial charge in [-0.25, -0.2) is 8.42 Å². The Hall–Kier alpha value is -1.98. The van der Waals surface area contributed by atoms with E-state index in [4.69, 9.17) is 0 Å². The molecule has 0 aromatic heterocycles. The molecule has 2 aromatic rings. The van der Waals surface area contributed by atoms with Crippen LogP contribution in [0.2, 0.25) is 0 Å². The summed E-state index contributed by atoms with van der Waals surface area (Å²) in [7, 11) is -3.55. The predicted molar refractivity (Wildman–Crippen MR) is 118 cm³/mol. The van der Waals surface area contributed by atoms with Crippen molar-refractivity contribution in [3.05, 3.63) is 84.0 Å². The SMILES string of the molecule is Cc1cccc(SCC2C=CC=CC2(C)S(=O)(=O)N2CCc3ccccc32)c1. The lowest BCUT2D eigenvalue weighted by molar-refractivity contribution is 0.514. The first-order valence-electron chi connectivity index (χ1n) is 9.57. The molecule has 0 spiro atoms. The smallest absolute Gasteiger partial charge is 0.244 e. The predicted octanol–water partition coefficient (Wildman–Crippen LogP) is 4.98. The van der Waals surface area contributed by atoms with Crippen LogP contribution in [0.1, 0.15) is 18.1 Å². The largest absolute Gasteiger partial charge is 0.269 e. The lowest BCUT2D eigenvalue weighted by Crippen LogP contribution is -2.50. The third-order valence-corrected chi connectivity index (χ3v) is 9.35. The summed E-state index contributed by atoms with van der Waals surface area (Å²) < 4.78 is 28.2. The monoisotopic (exact) mass is 411 g/mol. The first kappa shape index (κ1) is 19.3. The molecule has 0 bridgehead atoms. The summed E-state index contributed by atoms with van der Waals surface area (Å²) in [5.74, 6) is 0.621. The standard InChI is InChI=1S/C23H25NO2S2/c1-18-8-7-11-21(16-18)27-17-20-10-5-6-14-23(20,2)28(25,26)24-15-13-19-9-3-4-12-22(19)24/h3-12,14,16,20H,13,15,17H2,1-2H3. The third kappa shape index (κ3) is 3.31. The Labute approximate surface area is 172 Å². The average molecular weight is 412 g/mol. The number of para-hydroxylation sites is 1. The van der Waals surface area contributed by atoms with Gasteiger partial charge in [0.1, 0.15) is 4.75 Å². The molecule has 1 aliphatic heterocycles. The Kier molecular flexibility index (Phi) is 5.15. The topological polar surface area (TPSA) is 37.4 Å². The van der Waals surface area contributed by atoms with Gasteiger partial charge < -0.3 is 0 Å². The van der Waals surface area contributed by atoms with E-state index in [1.165, 1.54) is 10.5 Å². The van der Waals surface area contributed by atoms with E-state index in [1.807, 2.05) is 61.6 Å². The van der Waals surface area contributed by atoms with Crippen molar-refractivity contribution >= 4 is 27.5 Å². The van der Waals surface area contributed by atoms with Crippen LogP contribution >= 0.6 is 11.8 Å². The van der Waals surface area contributed by atoms with Gasteiger partial charge in [-0.05, 0) is 44.0 Å². The number of hydrogen-bond donors (Lipinski definition) is 0. The van der Waals surface area contributed by atoms with Gasteiger partial charge in [0.15, 0.2) is 0 Å². The van der Waals surface area contributed by atoms with Gasteiger partial charge in [0.05, 0.1) is 5.69 Å². The van der Waals surface area contributed by atoms with Gasteiger partial charge >= 0.3 is 0 Å². The van der Waals surface area contributed by atoms with Crippen LogP contribution in [0, 0.1) is 12.8 Å². The Bertz CT molecular complexity index is 1040. The van der Waals surface area contributed by atoms with Crippen LogP contribution in [-0.4, -0.2) is 25.5 Å². The third-order valence-electron chi connectivity index (χ3n) is 5.73. The van der Waals surface area contributed by atoms with Crippen molar-refractivity contribution < 1.29 is 8.42 Å². The maximum absolute atomic E-state index is 13.8. The van der Waals surface area contributed by atoms with Gasteiger partial charge in [-0.2, -0.15) is 0 Å². The summed E-state index contributed by atoms with van der Waals surface area (Å²) in [5.41, 5.74) is 3.15. The molecule has 2 aromatic carbocycles. The molecule has 3 nitrogen and oxygen atoms in total. The zero-order valence-corrected chi connectivity index (χ0v) is 17.8. The second kappa shape index (κ2) is 7.45. The quantitative estimate of drug-likeness (QED) is 0.651. The summed E-state index contributed by atoms with van der Waals surface area (Å²) in [4.78, 5) is 1.18. The first-order valence-corrected chi connectivity index (χ1v) is 12.0. The molecule has 28 heavy (non-hydrogen) atoms. The highest BCUT2D eigenvalue weighted by atomic mass is 32.2. The molecule has 0 N–H and O–H groups in total. The first-order chi connectivity index (χ1) is 13.4. The minimum Gasteiger partial charge on any atom is -0.269 e. The van der Waals surface area contributed by atoms with Gasteiger partial charge in [-0.3, -0.25) is 4.31 Å². The summed E-state index contributed by atoms with van der Waals surface area (Å²) in [5, 5.41) is 0. The van der Waals surface area contributed by atoms with E-state index in [2.05, 4.69) is 25.1 Å². The molecule has 2 aliphatic rings. The number of thioether (sulfide) groups is 1. The number of fused-ring (bicyclic) bond motifs is 1. The fraction of sp³-hybridized carbons (Fsp3) is 0.304. The Morgan fingerprint density at radius 1 is 1.14 bits per heavy atom. The highest BCUT2D eigenvalue weighted by Crippen LogP contribution is 2.41. The van der Waals surface area contributed by atoms with Crippen LogP contribution < -0.4 is 4.31 Å². The van der Waals surface area contributed by atoms with Crippen LogP contribution in [0.25, 0.3) is 0 Å². The molecule has 4 rings (SSSR count). The molecule has 1 heterocycles. The number of aryl methyl sites for hydroxylation is 1. The van der Waals surface area contributed by atoms with E-state index < -0.39 is 14.8 Å². The van der Waals surface area contributed by atoms with Crippen LogP contribution in [0.3, 0.4) is 0 Å². The number of nitrogens with zero attached hydrogens (tertiary/aromatic N) is 1. The Morgan fingerprint density at radius 2 is 1.96 bits per heavy atom. The Morgan fingerprint density at radius 3 is 2.79 bits per heavy atom. The highest BCUT2D eigenvalue weighted by Gasteiger charge is 2.48. The summed E-state index contributed by atoms with van der Waals surface area (Å²) in [6, 6.07) is 16.2. The van der Waals surface area contributed by atoms with Crippen molar-refractivity contribution in [2.75, 3.05) is 16.6 Å². The average Bonchev–Trinajstić information content (AvgIpc) is 3.12. The van der Waals surface area contributed by atoms with E-state index in [1.54, 1.807) is 16.1 Å². The molecular weight excluding hydrogens is 386 g/mol. The normalized spacial score (nSPS) is 23.8. The van der Waals surface area contributed by atoms with E-state index in [0.29, 0.717) is 6.54 Å². The number of allylic oxidation sites excluding steroid dienone is 3. The van der Waals surface area contributed by atoms with E-state index in [0.717, 1.165) is 23.4 Å². The van der Waals surface area contributed by atoms with Crippen LogP contribution in [0.4, 0.5) is 5.69 Å². The van der Waals surface area contributed by atoms with E-state index >= 15 is 0 Å². The fourth-order valence-corrected chi connectivity index (χ4v) is 7.36. The second-order valence-corrected chi connectivity index (χ2v) is 11.0. The molecule has 0 saturated heterocycles. The maximum Gasteiger partial charge on any atom is 0.244 e. The highest BCUT2D eigenvalue weighted by molar-refractivity contribution is 7.99. The van der Waals surface area contributed by atoms with Crippen LogP contribution in [0.5, 0.6) is 0 Å². The maximum atomic E-state index is 13.8. The van der Waals surface area contributed by atoms with Crippen molar-refractivity contribution in [2.24, 2.45) is 5.92 Å². The van der Waals surface area contributed by atoms with Gasteiger partial charge in [0.2, 0.25) is 10.0 Å². The van der Waals surface area contributed by atoms with Crippen molar-refractivity contribution in [2.45, 2.75) is 29.9 Å². The van der Waals surface area contributed by atoms with Crippen molar-refractivity contribution in [3.8, 4) is 0 Å². The van der Waals surface area contributed by atoms with Crippen LogP contribution in [0.15, 0.2) is 77.7 Å². The van der Waals surface area contributed by atoms with Gasteiger partial charge in [-0.1, -0.05) is 60.2 Å². The van der Waals surface area contributed by atoms with Crippen LogP contribution in [-0.2, 0) is 16.4 Å². The fourth-order valence-electron chi connectivity index (χ4n) is 3.94. The number of rotatable bonds is 5. The number of benzene rings is 2. The second-order valence-electron chi connectivity index (χ2n) is 7.62. The molecule has 146 valence electrons. The molecule has 0 radical (unpaired) electrons. The molecule has 0 amide bonds. The number of anilines is 1. The molecule has 2 atom stereocenters. The molecule has 0 fully saturated rings. The van der Waals surface area contributed by atoms with Gasteiger partial charge in [0, 0.05) is 23.1 Å². The van der Waals surface area contributed by atoms with Crippen molar-refractivity contribution in [1.29, 1.82) is 0 Å². The minimum absolute atomic E-state index is 0.0965. The van der Waals surface area contributed by atoms with Crippen molar-refractivity contribution in [1.82, 2.24) is 0 Å². The lowest BCUT2D eigenvalue weighted by atomic mass is 9.90. The molecule has 5 heteroatoms. The zero-order valence-electron chi connectivity index (χ0n) is 16.2. The molecule has 1 aliphatic carbocycles. The van der Waals surface area contributed by atoms with E-state index in [9.17, 15) is 8.42 Å². The van der Waals surface area contributed by atoms with Crippen molar-refractivity contribution in [3.63, 3.8) is 0 Å².